The van der Waals surface area contributed by atoms with Crippen LogP contribution in [0.2, 0.25) is 10.0 Å². The van der Waals surface area contributed by atoms with Gasteiger partial charge in [0.1, 0.15) is 0 Å². The van der Waals surface area contributed by atoms with E-state index in [4.69, 9.17) is 27.9 Å². The van der Waals surface area contributed by atoms with Crippen molar-refractivity contribution in [2.45, 2.75) is 76.0 Å². The van der Waals surface area contributed by atoms with Crippen LogP contribution in [-0.2, 0) is 9.53 Å². The third kappa shape index (κ3) is 3.90. The maximum atomic E-state index is 12.7. The van der Waals surface area contributed by atoms with E-state index in [0.717, 1.165) is 37.7 Å². The van der Waals surface area contributed by atoms with Crippen LogP contribution in [0.4, 0.5) is 0 Å². The number of fused-ring (bicyclic) bond motifs is 1. The van der Waals surface area contributed by atoms with Gasteiger partial charge in [-0.1, -0.05) is 55.0 Å². The van der Waals surface area contributed by atoms with Crippen molar-refractivity contribution in [1.82, 2.24) is 5.32 Å². The van der Waals surface area contributed by atoms with Crippen molar-refractivity contribution in [3.8, 4) is 0 Å². The summed E-state index contributed by atoms with van der Waals surface area (Å²) in [6.45, 7) is 0. The minimum Gasteiger partial charge on any atom is -0.370 e. The Morgan fingerprint density at radius 3 is 2.50 bits per heavy atom. The number of hydrogen-bond donors (Lipinski definition) is 1. The third-order valence-electron chi connectivity index (χ3n) is 6.45. The van der Waals surface area contributed by atoms with E-state index >= 15 is 0 Å². The van der Waals surface area contributed by atoms with Crippen molar-refractivity contribution in [2.24, 2.45) is 11.8 Å². The van der Waals surface area contributed by atoms with Crippen molar-refractivity contribution >= 4 is 29.1 Å². The van der Waals surface area contributed by atoms with E-state index in [2.05, 4.69) is 5.32 Å². The van der Waals surface area contributed by atoms with E-state index < -0.39 is 0 Å². The highest BCUT2D eigenvalue weighted by molar-refractivity contribution is 6.42. The molecule has 0 bridgehead atoms. The molecule has 0 spiro atoms. The van der Waals surface area contributed by atoms with Gasteiger partial charge in [0.2, 0.25) is 5.91 Å². The highest BCUT2D eigenvalue weighted by atomic mass is 35.5. The molecular weight excluding hydrogens is 369 g/mol. The number of hydrogen-bond acceptors (Lipinski definition) is 2. The molecule has 0 radical (unpaired) electrons. The fourth-order valence-corrected chi connectivity index (χ4v) is 5.32. The minimum atomic E-state index is -0.0296. The third-order valence-corrected chi connectivity index (χ3v) is 7.19. The molecule has 142 valence electrons. The summed E-state index contributed by atoms with van der Waals surface area (Å²) < 4.78 is 6.46. The Bertz CT molecular complexity index is 659. The molecule has 5 heteroatoms. The van der Waals surface area contributed by atoms with Crippen molar-refractivity contribution in [3.05, 3.63) is 33.8 Å². The number of benzene rings is 1. The average Bonchev–Trinajstić information content (AvgIpc) is 3.19. The summed E-state index contributed by atoms with van der Waals surface area (Å²) in [5.41, 5.74) is 1.06. The number of halogens is 2. The molecule has 1 N–H and O–H groups in total. The van der Waals surface area contributed by atoms with Crippen molar-refractivity contribution in [1.29, 1.82) is 0 Å². The van der Waals surface area contributed by atoms with E-state index in [1.807, 2.05) is 18.2 Å². The van der Waals surface area contributed by atoms with E-state index in [1.54, 1.807) is 0 Å². The lowest BCUT2D eigenvalue weighted by molar-refractivity contribution is -0.135. The van der Waals surface area contributed by atoms with Crippen LogP contribution in [0.5, 0.6) is 0 Å². The fraction of sp³-hybridized carbons (Fsp3) is 0.667. The van der Waals surface area contributed by atoms with Gasteiger partial charge in [-0.2, -0.15) is 0 Å². The predicted molar refractivity (Wildman–Crippen MR) is 105 cm³/mol. The summed E-state index contributed by atoms with van der Waals surface area (Å²) in [4.78, 5) is 12.7. The quantitative estimate of drug-likeness (QED) is 0.713. The lowest BCUT2D eigenvalue weighted by atomic mass is 9.76. The van der Waals surface area contributed by atoms with Crippen LogP contribution in [0.15, 0.2) is 18.2 Å². The van der Waals surface area contributed by atoms with Gasteiger partial charge >= 0.3 is 0 Å². The van der Waals surface area contributed by atoms with Crippen molar-refractivity contribution in [2.75, 3.05) is 0 Å². The fourth-order valence-electron chi connectivity index (χ4n) is 5.01. The predicted octanol–water partition coefficient (Wildman–Crippen LogP) is 5.69. The van der Waals surface area contributed by atoms with Gasteiger partial charge in [-0.05, 0) is 49.8 Å². The van der Waals surface area contributed by atoms with Crippen LogP contribution in [0.3, 0.4) is 0 Å². The standard InChI is InChI=1S/C21H27Cl2NO2/c22-16-10-9-14(11-17(16)23)20-12-18(15-7-3-4-8-19(15)26-20)24-21(25)13-5-1-2-6-13/h9-11,13,15,18-20H,1-8,12H2,(H,24,25)/t15-,18+,19+,20+/m1/s1. The summed E-state index contributed by atoms with van der Waals surface area (Å²) >= 11 is 12.3. The molecule has 1 aromatic rings. The van der Waals surface area contributed by atoms with Gasteiger partial charge < -0.3 is 10.1 Å². The Kier molecular flexibility index (Phi) is 5.78. The van der Waals surface area contributed by atoms with Crippen LogP contribution < -0.4 is 5.32 Å². The summed E-state index contributed by atoms with van der Waals surface area (Å²) in [5.74, 6) is 0.906. The maximum Gasteiger partial charge on any atom is 0.223 e. The lowest BCUT2D eigenvalue weighted by Gasteiger charge is -2.45. The number of amides is 1. The topological polar surface area (TPSA) is 38.3 Å². The van der Waals surface area contributed by atoms with Gasteiger partial charge in [-0.15, -0.1) is 0 Å². The van der Waals surface area contributed by atoms with Crippen LogP contribution in [0, 0.1) is 11.8 Å². The largest absolute Gasteiger partial charge is 0.370 e. The minimum absolute atomic E-state index is 0.0296. The van der Waals surface area contributed by atoms with Crippen LogP contribution in [-0.4, -0.2) is 18.1 Å². The van der Waals surface area contributed by atoms with Crippen LogP contribution in [0.1, 0.15) is 69.5 Å². The molecule has 1 amide bonds. The number of rotatable bonds is 3. The molecule has 2 saturated carbocycles. The first kappa shape index (κ1) is 18.6. The summed E-state index contributed by atoms with van der Waals surface area (Å²) in [6.07, 6.45) is 10.1. The number of ether oxygens (including phenoxy) is 1. The Labute approximate surface area is 165 Å². The molecule has 1 heterocycles. The molecule has 4 atom stereocenters. The highest BCUT2D eigenvalue weighted by Crippen LogP contribution is 2.42. The van der Waals surface area contributed by atoms with E-state index in [0.29, 0.717) is 16.0 Å². The monoisotopic (exact) mass is 395 g/mol. The number of carbonyl (C=O) groups is 1. The van der Waals surface area contributed by atoms with E-state index in [9.17, 15) is 4.79 Å². The Morgan fingerprint density at radius 1 is 1.00 bits per heavy atom. The Hall–Kier alpha value is -0.770. The first-order chi connectivity index (χ1) is 12.6. The number of nitrogens with one attached hydrogen (secondary N) is 1. The molecule has 4 rings (SSSR count). The van der Waals surface area contributed by atoms with Gasteiger partial charge in [0.15, 0.2) is 0 Å². The van der Waals surface area contributed by atoms with E-state index in [-0.39, 0.29) is 30.1 Å². The smallest absolute Gasteiger partial charge is 0.223 e. The Morgan fingerprint density at radius 2 is 1.73 bits per heavy atom. The van der Waals surface area contributed by atoms with Gasteiger partial charge in [0, 0.05) is 17.9 Å². The maximum absolute atomic E-state index is 12.7. The SMILES string of the molecule is O=C(N[C@H]1C[C@@H](c2ccc(Cl)c(Cl)c2)O[C@H]2CCCC[C@H]12)C1CCCC1. The second-order valence-corrected chi connectivity index (χ2v) is 8.93. The van der Waals surface area contributed by atoms with Crippen molar-refractivity contribution < 1.29 is 9.53 Å². The second kappa shape index (κ2) is 8.08. The zero-order chi connectivity index (χ0) is 18.1. The summed E-state index contributed by atoms with van der Waals surface area (Å²) in [6, 6.07) is 5.94. The molecule has 0 aromatic heterocycles. The molecule has 26 heavy (non-hydrogen) atoms. The lowest BCUT2D eigenvalue weighted by Crippen LogP contribution is -2.52. The first-order valence-electron chi connectivity index (χ1n) is 10.0. The Balaban J connectivity index is 1.52. The molecule has 3 nitrogen and oxygen atoms in total. The van der Waals surface area contributed by atoms with Crippen LogP contribution >= 0.6 is 23.2 Å². The van der Waals surface area contributed by atoms with Gasteiger partial charge in [0.05, 0.1) is 22.3 Å². The average molecular weight is 396 g/mol. The molecule has 1 saturated heterocycles. The van der Waals surface area contributed by atoms with Gasteiger partial charge in [-0.25, -0.2) is 0 Å². The van der Waals surface area contributed by atoms with Gasteiger partial charge in [0.25, 0.3) is 0 Å². The molecule has 0 unspecified atom stereocenters. The molecule has 1 aromatic carbocycles. The van der Waals surface area contributed by atoms with Gasteiger partial charge in [-0.3, -0.25) is 4.79 Å². The molecule has 2 aliphatic carbocycles. The summed E-state index contributed by atoms with van der Waals surface area (Å²) in [5, 5.41) is 4.53. The van der Waals surface area contributed by atoms with Crippen molar-refractivity contribution in [3.63, 3.8) is 0 Å². The molecule has 1 aliphatic heterocycles. The zero-order valence-electron chi connectivity index (χ0n) is 15.1. The first-order valence-corrected chi connectivity index (χ1v) is 10.8. The second-order valence-electron chi connectivity index (χ2n) is 8.12. The molecule has 3 fully saturated rings. The molecular formula is C21H27Cl2NO2. The zero-order valence-corrected chi connectivity index (χ0v) is 16.6. The molecule has 3 aliphatic rings. The summed E-state index contributed by atoms with van der Waals surface area (Å²) in [7, 11) is 0. The normalized spacial score (nSPS) is 32.2. The highest BCUT2D eigenvalue weighted by Gasteiger charge is 2.41. The van der Waals surface area contributed by atoms with E-state index in [1.165, 1.54) is 25.7 Å². The number of carbonyl (C=O) groups excluding carboxylic acids is 1. The van der Waals surface area contributed by atoms with Crippen LogP contribution in [0.25, 0.3) is 0 Å².